The number of anilines is 3. The van der Waals surface area contributed by atoms with Crippen molar-refractivity contribution in [2.75, 3.05) is 23.4 Å². The molecule has 0 atom stereocenters. The van der Waals surface area contributed by atoms with E-state index in [9.17, 15) is 9.59 Å². The molecular formula is C22H22N4O3. The van der Waals surface area contributed by atoms with Crippen LogP contribution in [0, 0.1) is 0 Å². The average molecular weight is 390 g/mol. The second-order valence-electron chi connectivity index (χ2n) is 6.09. The summed E-state index contributed by atoms with van der Waals surface area (Å²) in [5.74, 6) is -0.121. The van der Waals surface area contributed by atoms with Gasteiger partial charge in [-0.25, -0.2) is 14.8 Å². The third kappa shape index (κ3) is 4.95. The summed E-state index contributed by atoms with van der Waals surface area (Å²) in [6, 6.07) is 18.0. The van der Waals surface area contributed by atoms with Crippen LogP contribution in [0.5, 0.6) is 0 Å². The fourth-order valence-corrected chi connectivity index (χ4v) is 2.80. The van der Waals surface area contributed by atoms with Gasteiger partial charge in [0.1, 0.15) is 17.8 Å². The Bertz CT molecular complexity index is 975. The second kappa shape index (κ2) is 9.45. The van der Waals surface area contributed by atoms with Gasteiger partial charge in [0.15, 0.2) is 0 Å². The van der Waals surface area contributed by atoms with Gasteiger partial charge in [-0.3, -0.25) is 4.79 Å². The van der Waals surface area contributed by atoms with Crippen molar-refractivity contribution in [2.45, 2.75) is 13.8 Å². The summed E-state index contributed by atoms with van der Waals surface area (Å²) in [6.07, 6.45) is 1.37. The molecule has 3 rings (SSSR count). The highest BCUT2D eigenvalue weighted by Crippen LogP contribution is 2.23. The van der Waals surface area contributed by atoms with Gasteiger partial charge in [-0.2, -0.15) is 0 Å². The number of nitrogens with zero attached hydrogens (tertiary/aromatic N) is 3. The minimum absolute atomic E-state index is 0.249. The maximum Gasteiger partial charge on any atom is 0.338 e. The van der Waals surface area contributed by atoms with Crippen LogP contribution < -0.4 is 10.2 Å². The lowest BCUT2D eigenvalue weighted by Crippen LogP contribution is -2.20. The maximum absolute atomic E-state index is 12.6. The van der Waals surface area contributed by atoms with E-state index in [4.69, 9.17) is 4.74 Å². The number of nitrogens with one attached hydrogen (secondary N) is 1. The number of carbonyl (C=O) groups is 2. The molecule has 29 heavy (non-hydrogen) atoms. The summed E-state index contributed by atoms with van der Waals surface area (Å²) in [7, 11) is 0. The van der Waals surface area contributed by atoms with E-state index in [0.29, 0.717) is 30.2 Å². The summed E-state index contributed by atoms with van der Waals surface area (Å²) in [5, 5.41) is 2.78. The Hall–Kier alpha value is -3.74. The van der Waals surface area contributed by atoms with Gasteiger partial charge in [-0.05, 0) is 50.2 Å². The first-order valence-electron chi connectivity index (χ1n) is 9.35. The summed E-state index contributed by atoms with van der Waals surface area (Å²) < 4.78 is 4.95. The van der Waals surface area contributed by atoms with Crippen LogP contribution in [0.15, 0.2) is 67.0 Å². The molecule has 1 amide bonds. The van der Waals surface area contributed by atoms with Gasteiger partial charge < -0.3 is 15.0 Å². The summed E-state index contributed by atoms with van der Waals surface area (Å²) in [5.41, 5.74) is 2.21. The second-order valence-corrected chi connectivity index (χ2v) is 6.09. The number of hydrogen-bond acceptors (Lipinski definition) is 6. The Morgan fingerprint density at radius 3 is 2.38 bits per heavy atom. The average Bonchev–Trinajstić information content (AvgIpc) is 2.76. The van der Waals surface area contributed by atoms with Crippen molar-refractivity contribution in [1.82, 2.24) is 9.97 Å². The number of amides is 1. The number of para-hydroxylation sites is 1. The van der Waals surface area contributed by atoms with Crippen molar-refractivity contribution in [3.05, 3.63) is 78.2 Å². The Labute approximate surface area is 169 Å². The van der Waals surface area contributed by atoms with Gasteiger partial charge in [0.2, 0.25) is 0 Å². The minimum Gasteiger partial charge on any atom is -0.462 e. The highest BCUT2D eigenvalue weighted by atomic mass is 16.5. The number of aromatic nitrogens is 2. The van der Waals surface area contributed by atoms with Crippen molar-refractivity contribution in [1.29, 1.82) is 0 Å². The Balaban J connectivity index is 1.75. The molecule has 148 valence electrons. The first-order chi connectivity index (χ1) is 14.1. The molecule has 1 aromatic heterocycles. The summed E-state index contributed by atoms with van der Waals surface area (Å²) in [6.45, 7) is 4.77. The van der Waals surface area contributed by atoms with Crippen LogP contribution in [0.4, 0.5) is 17.2 Å². The fraction of sp³-hybridized carbons (Fsp3) is 0.182. The molecule has 1 heterocycles. The van der Waals surface area contributed by atoms with Gasteiger partial charge in [-0.15, -0.1) is 0 Å². The Kier molecular flexibility index (Phi) is 6.52. The van der Waals surface area contributed by atoms with Crippen molar-refractivity contribution >= 4 is 29.1 Å². The number of rotatable bonds is 7. The molecule has 0 bridgehead atoms. The van der Waals surface area contributed by atoms with Crippen LogP contribution in [0.1, 0.15) is 34.7 Å². The third-order valence-corrected chi connectivity index (χ3v) is 4.20. The van der Waals surface area contributed by atoms with E-state index >= 15 is 0 Å². The number of hydrogen-bond donors (Lipinski definition) is 1. The topological polar surface area (TPSA) is 84.4 Å². The predicted molar refractivity (Wildman–Crippen MR) is 112 cm³/mol. The molecule has 7 heteroatoms. The van der Waals surface area contributed by atoms with Crippen LogP contribution in [-0.4, -0.2) is 35.0 Å². The molecular weight excluding hydrogens is 368 g/mol. The van der Waals surface area contributed by atoms with E-state index in [1.165, 1.54) is 6.33 Å². The largest absolute Gasteiger partial charge is 0.462 e. The van der Waals surface area contributed by atoms with Gasteiger partial charge in [0.05, 0.1) is 12.2 Å². The molecule has 0 radical (unpaired) electrons. The van der Waals surface area contributed by atoms with Gasteiger partial charge >= 0.3 is 5.97 Å². The number of esters is 1. The first-order valence-corrected chi connectivity index (χ1v) is 9.35. The smallest absolute Gasteiger partial charge is 0.338 e. The van der Waals surface area contributed by atoms with Gasteiger partial charge in [0, 0.05) is 24.0 Å². The normalized spacial score (nSPS) is 10.3. The Morgan fingerprint density at radius 1 is 1.00 bits per heavy atom. The molecule has 0 aliphatic rings. The highest BCUT2D eigenvalue weighted by molar-refractivity contribution is 6.03. The number of benzene rings is 2. The molecule has 1 N–H and O–H groups in total. The van der Waals surface area contributed by atoms with Crippen LogP contribution in [0.25, 0.3) is 0 Å². The van der Waals surface area contributed by atoms with Crippen LogP contribution in [0.2, 0.25) is 0 Å². The number of carbonyl (C=O) groups excluding carboxylic acids is 2. The zero-order valence-electron chi connectivity index (χ0n) is 16.3. The SMILES string of the molecule is CCOC(=O)c1ccc(NC(=O)c2cc(N(CC)c3ccccc3)ncn2)cc1. The molecule has 0 aliphatic heterocycles. The molecule has 0 saturated heterocycles. The van der Waals surface area contributed by atoms with Crippen molar-refractivity contribution in [3.63, 3.8) is 0 Å². The maximum atomic E-state index is 12.6. The molecule has 7 nitrogen and oxygen atoms in total. The van der Waals surface area contributed by atoms with E-state index in [1.807, 2.05) is 42.2 Å². The minimum atomic E-state index is -0.397. The quantitative estimate of drug-likeness (QED) is 0.613. The van der Waals surface area contributed by atoms with E-state index in [1.54, 1.807) is 37.3 Å². The predicted octanol–water partition coefficient (Wildman–Crippen LogP) is 4.06. The molecule has 0 fully saturated rings. The summed E-state index contributed by atoms with van der Waals surface area (Å²) in [4.78, 5) is 34.7. The monoisotopic (exact) mass is 390 g/mol. The molecule has 0 spiro atoms. The Morgan fingerprint density at radius 2 is 1.72 bits per heavy atom. The van der Waals surface area contributed by atoms with E-state index < -0.39 is 5.97 Å². The zero-order valence-corrected chi connectivity index (χ0v) is 16.3. The standard InChI is InChI=1S/C22H22N4O3/c1-3-26(18-8-6-5-7-9-18)20-14-19(23-15-24-20)21(27)25-17-12-10-16(11-13-17)22(28)29-4-2/h5-15H,3-4H2,1-2H3,(H,25,27). The first kappa shape index (κ1) is 20.0. The van der Waals surface area contributed by atoms with Gasteiger partial charge in [0.25, 0.3) is 5.91 Å². The number of ether oxygens (including phenoxy) is 1. The lowest BCUT2D eigenvalue weighted by atomic mass is 10.2. The zero-order chi connectivity index (χ0) is 20.6. The van der Waals surface area contributed by atoms with Crippen molar-refractivity contribution in [3.8, 4) is 0 Å². The third-order valence-electron chi connectivity index (χ3n) is 4.20. The molecule has 3 aromatic rings. The van der Waals surface area contributed by atoms with Crippen LogP contribution in [0.3, 0.4) is 0 Å². The van der Waals surface area contributed by atoms with Crippen molar-refractivity contribution in [2.24, 2.45) is 0 Å². The lowest BCUT2D eigenvalue weighted by molar-refractivity contribution is 0.0526. The fourth-order valence-electron chi connectivity index (χ4n) is 2.80. The molecule has 0 aliphatic carbocycles. The van der Waals surface area contributed by atoms with E-state index in [2.05, 4.69) is 15.3 Å². The molecule has 0 unspecified atom stereocenters. The van der Waals surface area contributed by atoms with E-state index in [0.717, 1.165) is 5.69 Å². The van der Waals surface area contributed by atoms with Crippen LogP contribution in [-0.2, 0) is 4.74 Å². The molecule has 0 saturated carbocycles. The lowest BCUT2D eigenvalue weighted by Gasteiger charge is -2.22. The highest BCUT2D eigenvalue weighted by Gasteiger charge is 2.14. The van der Waals surface area contributed by atoms with Crippen molar-refractivity contribution < 1.29 is 14.3 Å². The van der Waals surface area contributed by atoms with Gasteiger partial charge in [-0.1, -0.05) is 18.2 Å². The van der Waals surface area contributed by atoms with E-state index in [-0.39, 0.29) is 11.6 Å². The summed E-state index contributed by atoms with van der Waals surface area (Å²) >= 11 is 0. The van der Waals surface area contributed by atoms with Crippen LogP contribution >= 0.6 is 0 Å². The molecule has 2 aromatic carbocycles.